The van der Waals surface area contributed by atoms with Gasteiger partial charge in [-0.25, -0.2) is 0 Å². The van der Waals surface area contributed by atoms with E-state index in [1.54, 1.807) is 12.0 Å². The molecule has 2 aromatic carbocycles. The molecule has 2 aliphatic rings. The molecule has 1 fully saturated rings. The Morgan fingerprint density at radius 2 is 1.85 bits per heavy atom. The lowest BCUT2D eigenvalue weighted by molar-refractivity contribution is -0.134. The van der Waals surface area contributed by atoms with Crippen molar-refractivity contribution in [1.82, 2.24) is 14.8 Å². The van der Waals surface area contributed by atoms with Crippen LogP contribution in [0.2, 0.25) is 5.02 Å². The Bertz CT molecular complexity index is 1230. The minimum atomic E-state index is -1.05. The summed E-state index contributed by atoms with van der Waals surface area (Å²) in [5.41, 5.74) is 1.36. The van der Waals surface area contributed by atoms with Crippen LogP contribution >= 0.6 is 11.6 Å². The maximum absolute atomic E-state index is 13.9. The van der Waals surface area contributed by atoms with Crippen LogP contribution in [0.1, 0.15) is 55.1 Å². The van der Waals surface area contributed by atoms with Gasteiger partial charge < -0.3 is 19.5 Å². The van der Waals surface area contributed by atoms with Crippen LogP contribution in [0.3, 0.4) is 0 Å². The van der Waals surface area contributed by atoms with Crippen molar-refractivity contribution >= 4 is 34.3 Å². The first-order valence-corrected chi connectivity index (χ1v) is 12.3. The van der Waals surface area contributed by atoms with Crippen LogP contribution in [0, 0.1) is 0 Å². The minimum absolute atomic E-state index is 0.0999. The molecular formula is C27H30ClN3O3. The fraction of sp³-hybridized carbons (Fsp3) is 0.407. The number of nitrogens with zero attached hydrogens (tertiary/aromatic N) is 2. The molecular weight excluding hydrogens is 450 g/mol. The maximum Gasteiger partial charge on any atom is 0.271 e. The Labute approximate surface area is 204 Å². The van der Waals surface area contributed by atoms with Crippen molar-refractivity contribution in [3.8, 4) is 5.75 Å². The van der Waals surface area contributed by atoms with Crippen LogP contribution in [0.4, 0.5) is 0 Å². The van der Waals surface area contributed by atoms with E-state index in [1.807, 2.05) is 60.0 Å². The van der Waals surface area contributed by atoms with E-state index in [0.717, 1.165) is 47.9 Å². The van der Waals surface area contributed by atoms with Gasteiger partial charge >= 0.3 is 0 Å². The molecule has 7 heteroatoms. The fourth-order valence-electron chi connectivity index (χ4n) is 5.27. The van der Waals surface area contributed by atoms with Gasteiger partial charge in [-0.1, -0.05) is 43.0 Å². The van der Waals surface area contributed by atoms with Gasteiger partial charge in [-0.15, -0.1) is 0 Å². The molecule has 1 aromatic heterocycles. The number of amides is 2. The van der Waals surface area contributed by atoms with E-state index in [9.17, 15) is 9.59 Å². The van der Waals surface area contributed by atoms with Crippen LogP contribution in [0.5, 0.6) is 5.75 Å². The number of halogens is 1. The summed E-state index contributed by atoms with van der Waals surface area (Å²) in [6, 6.07) is 15.3. The second kappa shape index (κ2) is 8.99. The van der Waals surface area contributed by atoms with Crippen LogP contribution in [-0.4, -0.2) is 40.0 Å². The van der Waals surface area contributed by atoms with E-state index in [-0.39, 0.29) is 17.9 Å². The topological polar surface area (TPSA) is 63.6 Å². The van der Waals surface area contributed by atoms with E-state index in [0.29, 0.717) is 23.8 Å². The summed E-state index contributed by atoms with van der Waals surface area (Å²) in [6.45, 7) is 2.58. The standard InChI is InChI=1S/C27H30ClN3O3/c1-27(26(33)29-21-6-4-3-5-7-21)17-30-23-15-22(34-2)13-10-19(23)14-24(30)25(32)31(27)16-18-8-11-20(28)12-9-18/h8-15,21H,3-7,16-17H2,1-2H3,(H,29,33). The highest BCUT2D eigenvalue weighted by atomic mass is 35.5. The molecule has 178 valence electrons. The van der Waals surface area contributed by atoms with Gasteiger partial charge in [0.15, 0.2) is 0 Å². The molecule has 1 aliphatic heterocycles. The van der Waals surface area contributed by atoms with Crippen molar-refractivity contribution < 1.29 is 14.3 Å². The predicted octanol–water partition coefficient (Wildman–Crippen LogP) is 5.17. The van der Waals surface area contributed by atoms with Gasteiger partial charge in [0.1, 0.15) is 17.0 Å². The molecule has 0 bridgehead atoms. The highest BCUT2D eigenvalue weighted by Crippen LogP contribution is 2.35. The number of nitrogens with one attached hydrogen (secondary N) is 1. The van der Waals surface area contributed by atoms with Crippen LogP contribution in [0.15, 0.2) is 48.5 Å². The van der Waals surface area contributed by atoms with Crippen LogP contribution in [0.25, 0.3) is 10.9 Å². The second-order valence-corrected chi connectivity index (χ2v) is 10.1. The van der Waals surface area contributed by atoms with E-state index >= 15 is 0 Å². The Morgan fingerprint density at radius 3 is 2.56 bits per heavy atom. The van der Waals surface area contributed by atoms with Gasteiger partial charge in [0, 0.05) is 29.1 Å². The molecule has 34 heavy (non-hydrogen) atoms. The number of hydrogen-bond acceptors (Lipinski definition) is 3. The third kappa shape index (κ3) is 4.05. The van der Waals surface area contributed by atoms with Crippen molar-refractivity contribution in [2.45, 2.75) is 63.7 Å². The molecule has 3 aromatic rings. The fourth-order valence-corrected chi connectivity index (χ4v) is 5.39. The average Bonchev–Trinajstić information content (AvgIpc) is 3.21. The van der Waals surface area contributed by atoms with E-state index in [4.69, 9.17) is 16.3 Å². The van der Waals surface area contributed by atoms with Crippen molar-refractivity contribution in [1.29, 1.82) is 0 Å². The number of ether oxygens (including phenoxy) is 1. The van der Waals surface area contributed by atoms with E-state index in [2.05, 4.69) is 5.32 Å². The predicted molar refractivity (Wildman–Crippen MR) is 133 cm³/mol. The quantitative estimate of drug-likeness (QED) is 0.549. The monoisotopic (exact) mass is 479 g/mol. The van der Waals surface area contributed by atoms with Crippen molar-refractivity contribution in [2.24, 2.45) is 0 Å². The Morgan fingerprint density at radius 1 is 1.12 bits per heavy atom. The smallest absolute Gasteiger partial charge is 0.271 e. The Hall–Kier alpha value is -2.99. The Kier molecular flexibility index (Phi) is 6.02. The summed E-state index contributed by atoms with van der Waals surface area (Å²) < 4.78 is 7.39. The number of methoxy groups -OCH3 is 1. The zero-order valence-electron chi connectivity index (χ0n) is 19.6. The van der Waals surface area contributed by atoms with Gasteiger partial charge in [-0.3, -0.25) is 9.59 Å². The summed E-state index contributed by atoms with van der Waals surface area (Å²) in [4.78, 5) is 29.4. The highest BCUT2D eigenvalue weighted by Gasteiger charge is 2.48. The van der Waals surface area contributed by atoms with Gasteiger partial charge in [0.05, 0.1) is 19.2 Å². The summed E-state index contributed by atoms with van der Waals surface area (Å²) in [7, 11) is 1.63. The molecule has 1 atom stereocenters. The normalized spacial score (nSPS) is 20.9. The zero-order chi connectivity index (χ0) is 23.9. The third-order valence-electron chi connectivity index (χ3n) is 7.32. The van der Waals surface area contributed by atoms with Crippen LogP contribution in [-0.2, 0) is 17.9 Å². The number of hydrogen-bond donors (Lipinski definition) is 1. The largest absolute Gasteiger partial charge is 0.497 e. The van der Waals surface area contributed by atoms with Crippen molar-refractivity contribution in [3.05, 3.63) is 64.8 Å². The number of fused-ring (bicyclic) bond motifs is 3. The highest BCUT2D eigenvalue weighted by molar-refractivity contribution is 6.30. The minimum Gasteiger partial charge on any atom is -0.497 e. The molecule has 1 aliphatic carbocycles. The molecule has 2 heterocycles. The SMILES string of the molecule is COc1ccc2cc3n(c2c1)CC(C)(C(=O)NC1CCCCC1)N(Cc1ccc(Cl)cc1)C3=O. The van der Waals surface area contributed by atoms with Crippen LogP contribution < -0.4 is 10.1 Å². The first-order valence-electron chi connectivity index (χ1n) is 11.9. The average molecular weight is 480 g/mol. The van der Waals surface area contributed by atoms with E-state index < -0.39 is 5.54 Å². The second-order valence-electron chi connectivity index (χ2n) is 9.64. The number of benzene rings is 2. The maximum atomic E-state index is 13.9. The molecule has 1 unspecified atom stereocenters. The Balaban J connectivity index is 1.56. The molecule has 1 N–H and O–H groups in total. The molecule has 0 spiro atoms. The number of carbonyl (C=O) groups excluding carboxylic acids is 2. The van der Waals surface area contributed by atoms with Gasteiger partial charge in [-0.05, 0) is 55.7 Å². The van der Waals surface area contributed by atoms with E-state index in [1.165, 1.54) is 6.42 Å². The van der Waals surface area contributed by atoms with Gasteiger partial charge in [0.25, 0.3) is 5.91 Å². The lowest BCUT2D eigenvalue weighted by Crippen LogP contribution is -2.64. The lowest BCUT2D eigenvalue weighted by atomic mass is 9.91. The lowest BCUT2D eigenvalue weighted by Gasteiger charge is -2.45. The number of aromatic nitrogens is 1. The number of rotatable bonds is 5. The molecule has 1 saturated carbocycles. The third-order valence-corrected chi connectivity index (χ3v) is 7.57. The molecule has 0 radical (unpaired) electrons. The number of carbonyl (C=O) groups is 2. The summed E-state index contributed by atoms with van der Waals surface area (Å²) in [6.07, 6.45) is 5.44. The molecule has 2 amide bonds. The van der Waals surface area contributed by atoms with Crippen molar-refractivity contribution in [3.63, 3.8) is 0 Å². The summed E-state index contributed by atoms with van der Waals surface area (Å²) >= 11 is 6.08. The van der Waals surface area contributed by atoms with Crippen molar-refractivity contribution in [2.75, 3.05) is 7.11 Å². The first kappa shape index (κ1) is 22.8. The van der Waals surface area contributed by atoms with Gasteiger partial charge in [-0.2, -0.15) is 0 Å². The molecule has 5 rings (SSSR count). The summed E-state index contributed by atoms with van der Waals surface area (Å²) in [5, 5.41) is 4.87. The summed E-state index contributed by atoms with van der Waals surface area (Å²) in [5.74, 6) is 0.465. The zero-order valence-corrected chi connectivity index (χ0v) is 20.4. The molecule has 0 saturated heterocycles. The molecule has 6 nitrogen and oxygen atoms in total. The van der Waals surface area contributed by atoms with Gasteiger partial charge in [0.2, 0.25) is 5.91 Å². The first-order chi connectivity index (χ1) is 16.4.